The number of rotatable bonds is 2. The largest absolute Gasteiger partial charge is 0.290 e. The van der Waals surface area contributed by atoms with E-state index in [9.17, 15) is 13.2 Å². The number of nitrogens with zero attached hydrogens (tertiary/aromatic N) is 1. The van der Waals surface area contributed by atoms with Crippen molar-refractivity contribution in [1.82, 2.24) is 0 Å². The lowest BCUT2D eigenvalue weighted by molar-refractivity contribution is -0.115. The zero-order chi connectivity index (χ0) is 18.5. The van der Waals surface area contributed by atoms with Gasteiger partial charge in [-0.3, -0.25) is 4.79 Å². The summed E-state index contributed by atoms with van der Waals surface area (Å²) in [6.45, 7) is 0. The number of hydrogen-bond acceptors (Lipinski definition) is 3. The standard InChI is InChI=1S/C12H4Cl7NO3S/c13-5-1-3-6(4-2-5)24(22,23)20-9-7(14)8(15)10(21)12(18,19)11(9,16)17/h1-4H/b20-9-. The van der Waals surface area contributed by atoms with Crippen molar-refractivity contribution in [3.8, 4) is 0 Å². The highest BCUT2D eigenvalue weighted by molar-refractivity contribution is 7.90. The number of halogens is 7. The molecule has 1 aliphatic rings. The lowest BCUT2D eigenvalue weighted by Gasteiger charge is -2.35. The first-order valence-electron chi connectivity index (χ1n) is 5.79. The number of sulfonamides is 1. The van der Waals surface area contributed by atoms with E-state index >= 15 is 0 Å². The number of carbonyl (C=O) groups is 1. The van der Waals surface area contributed by atoms with Crippen LogP contribution in [0.25, 0.3) is 0 Å². The average Bonchev–Trinajstić information content (AvgIpc) is 2.49. The van der Waals surface area contributed by atoms with Crippen molar-refractivity contribution >= 4 is 103 Å². The second-order valence-corrected chi connectivity index (χ2v) is 9.93. The molecule has 4 nitrogen and oxygen atoms in total. The third kappa shape index (κ3) is 3.42. The van der Waals surface area contributed by atoms with Gasteiger partial charge in [0.15, 0.2) is 0 Å². The maximum absolute atomic E-state index is 12.4. The fraction of sp³-hybridized carbons (Fsp3) is 0.167. The van der Waals surface area contributed by atoms with E-state index in [1.54, 1.807) is 0 Å². The van der Waals surface area contributed by atoms with Crippen molar-refractivity contribution < 1.29 is 13.2 Å². The zero-order valence-electron chi connectivity index (χ0n) is 11.0. The Bertz CT molecular complexity index is 872. The SMILES string of the molecule is O=C1C(Cl)=C(Cl)/C(=N/S(=O)(=O)c2ccc(Cl)cc2)C(Cl)(Cl)C1(Cl)Cl. The van der Waals surface area contributed by atoms with Gasteiger partial charge < -0.3 is 0 Å². The minimum absolute atomic E-state index is 0.226. The Morgan fingerprint density at radius 2 is 1.33 bits per heavy atom. The van der Waals surface area contributed by atoms with E-state index in [2.05, 4.69) is 4.40 Å². The molecule has 24 heavy (non-hydrogen) atoms. The van der Waals surface area contributed by atoms with Crippen LogP contribution in [-0.2, 0) is 14.8 Å². The van der Waals surface area contributed by atoms with E-state index < -0.39 is 40.2 Å². The fourth-order valence-electron chi connectivity index (χ4n) is 1.65. The molecule has 0 unspecified atom stereocenters. The van der Waals surface area contributed by atoms with Gasteiger partial charge in [-0.15, -0.1) is 0 Å². The van der Waals surface area contributed by atoms with Crippen LogP contribution < -0.4 is 0 Å². The molecule has 12 heteroatoms. The van der Waals surface area contributed by atoms with Crippen molar-refractivity contribution in [2.75, 3.05) is 0 Å². The number of Topliss-reactive ketones (excluding diaryl/α,β-unsaturated/α-hetero) is 1. The zero-order valence-corrected chi connectivity index (χ0v) is 17.1. The Kier molecular flexibility index (Phi) is 5.82. The molecule has 1 aromatic carbocycles. The van der Waals surface area contributed by atoms with Gasteiger partial charge in [-0.2, -0.15) is 12.8 Å². The van der Waals surface area contributed by atoms with Crippen LogP contribution in [0.4, 0.5) is 0 Å². The van der Waals surface area contributed by atoms with E-state index in [0.717, 1.165) is 0 Å². The molecule has 2 rings (SSSR count). The molecule has 0 saturated heterocycles. The molecule has 0 spiro atoms. The van der Waals surface area contributed by atoms with Crippen LogP contribution in [-0.4, -0.2) is 28.6 Å². The first kappa shape index (κ1) is 20.6. The maximum atomic E-state index is 12.4. The van der Waals surface area contributed by atoms with E-state index in [4.69, 9.17) is 81.2 Å². The van der Waals surface area contributed by atoms with E-state index in [0.29, 0.717) is 5.02 Å². The van der Waals surface area contributed by atoms with E-state index in [1.807, 2.05) is 0 Å². The number of allylic oxidation sites excluding steroid dienone is 2. The molecule has 0 radical (unpaired) electrons. The van der Waals surface area contributed by atoms with Gasteiger partial charge in [0.25, 0.3) is 10.0 Å². The Balaban J connectivity index is 2.70. The quantitative estimate of drug-likeness (QED) is 0.543. The second-order valence-electron chi connectivity index (χ2n) is 4.47. The van der Waals surface area contributed by atoms with E-state index in [-0.39, 0.29) is 4.90 Å². The number of hydrogen-bond donors (Lipinski definition) is 0. The minimum atomic E-state index is -4.32. The van der Waals surface area contributed by atoms with E-state index in [1.165, 1.54) is 24.3 Å². The van der Waals surface area contributed by atoms with Gasteiger partial charge >= 0.3 is 0 Å². The van der Waals surface area contributed by atoms with Crippen LogP contribution in [0.15, 0.2) is 43.6 Å². The van der Waals surface area contributed by atoms with Gasteiger partial charge in [-0.25, -0.2) is 0 Å². The highest BCUT2D eigenvalue weighted by atomic mass is 35.5. The summed E-state index contributed by atoms with van der Waals surface area (Å²) < 4.78 is 23.3. The smallest absolute Gasteiger partial charge is 0.282 e. The highest BCUT2D eigenvalue weighted by Gasteiger charge is 2.61. The Hall–Kier alpha value is 0.280. The number of benzene rings is 1. The summed E-state index contributed by atoms with van der Waals surface area (Å²) in [6, 6.07) is 5.08. The molecular formula is C12H4Cl7NO3S. The minimum Gasteiger partial charge on any atom is -0.290 e. The summed E-state index contributed by atoms with van der Waals surface area (Å²) in [5.41, 5.74) is -0.669. The molecule has 0 amide bonds. The average molecular weight is 490 g/mol. The second kappa shape index (κ2) is 6.78. The summed E-state index contributed by atoms with van der Waals surface area (Å²) in [5, 5.41) is -0.889. The summed E-state index contributed by atoms with van der Waals surface area (Å²) in [4.78, 5) is 11.7. The van der Waals surface area contributed by atoms with Gasteiger partial charge in [0.2, 0.25) is 14.4 Å². The molecule has 1 aromatic rings. The molecule has 0 bridgehead atoms. The monoisotopic (exact) mass is 487 g/mol. The van der Waals surface area contributed by atoms with Gasteiger partial charge in [0.1, 0.15) is 10.7 Å². The molecule has 130 valence electrons. The van der Waals surface area contributed by atoms with Gasteiger partial charge in [-0.1, -0.05) is 81.2 Å². The third-order valence-electron chi connectivity index (χ3n) is 2.90. The molecule has 1 aliphatic carbocycles. The summed E-state index contributed by atoms with van der Waals surface area (Å²) in [5.74, 6) is -1.08. The number of alkyl halides is 4. The van der Waals surface area contributed by atoms with Gasteiger partial charge in [0, 0.05) is 5.02 Å². The third-order valence-corrected chi connectivity index (χ3v) is 7.49. The fourth-order valence-corrected chi connectivity index (χ4v) is 4.49. The van der Waals surface area contributed by atoms with Crippen LogP contribution in [0.2, 0.25) is 5.02 Å². The van der Waals surface area contributed by atoms with Crippen molar-refractivity contribution in [3.05, 3.63) is 39.4 Å². The molecule has 0 atom stereocenters. The molecule has 0 N–H and O–H groups in total. The number of ketones is 1. The normalized spacial score (nSPS) is 22.1. The molecule has 0 aromatic heterocycles. The lowest BCUT2D eigenvalue weighted by atomic mass is 10.0. The lowest BCUT2D eigenvalue weighted by Crippen LogP contribution is -2.53. The molecule has 0 saturated carbocycles. The Morgan fingerprint density at radius 3 is 1.83 bits per heavy atom. The van der Waals surface area contributed by atoms with Gasteiger partial charge in [-0.05, 0) is 24.3 Å². The molecular weight excluding hydrogens is 486 g/mol. The van der Waals surface area contributed by atoms with Crippen LogP contribution in [0.5, 0.6) is 0 Å². The van der Waals surface area contributed by atoms with Crippen LogP contribution >= 0.6 is 81.2 Å². The van der Waals surface area contributed by atoms with Crippen LogP contribution in [0, 0.1) is 0 Å². The van der Waals surface area contributed by atoms with Crippen LogP contribution in [0.1, 0.15) is 0 Å². The molecule has 0 heterocycles. The summed E-state index contributed by atoms with van der Waals surface area (Å²) in [6.07, 6.45) is 0. The highest BCUT2D eigenvalue weighted by Crippen LogP contribution is 2.52. The van der Waals surface area contributed by atoms with Crippen molar-refractivity contribution in [3.63, 3.8) is 0 Å². The summed E-state index contributed by atoms with van der Waals surface area (Å²) in [7, 11) is -4.32. The van der Waals surface area contributed by atoms with Crippen molar-refractivity contribution in [2.45, 2.75) is 13.6 Å². The maximum Gasteiger partial charge on any atom is 0.282 e. The predicted molar refractivity (Wildman–Crippen MR) is 98.7 cm³/mol. The summed E-state index contributed by atoms with van der Waals surface area (Å²) >= 11 is 41.0. The van der Waals surface area contributed by atoms with Crippen molar-refractivity contribution in [2.24, 2.45) is 4.40 Å². The molecule has 0 aliphatic heterocycles. The first-order valence-corrected chi connectivity index (χ1v) is 9.88. The van der Waals surface area contributed by atoms with Crippen LogP contribution in [0.3, 0.4) is 0 Å². The Morgan fingerprint density at radius 1 is 0.833 bits per heavy atom. The van der Waals surface area contributed by atoms with Crippen molar-refractivity contribution in [1.29, 1.82) is 0 Å². The topological polar surface area (TPSA) is 63.6 Å². The van der Waals surface area contributed by atoms with Gasteiger partial charge in [0.05, 0.1) is 9.93 Å². The Labute approximate surface area is 172 Å². The molecule has 0 fully saturated rings. The number of carbonyl (C=O) groups excluding carboxylic acids is 1. The predicted octanol–water partition coefficient (Wildman–Crippen LogP) is 5.09. The first-order chi connectivity index (χ1) is 10.8.